The molecule has 1 atom stereocenters. The highest BCUT2D eigenvalue weighted by Gasteiger charge is 2.26. The lowest BCUT2D eigenvalue weighted by atomic mass is 9.88. The first-order chi connectivity index (χ1) is 12.7. The minimum atomic E-state index is -0.353. The van der Waals surface area contributed by atoms with Crippen molar-refractivity contribution in [3.8, 4) is 0 Å². The smallest absolute Gasteiger partial charge is 0.338 e. The van der Waals surface area contributed by atoms with Gasteiger partial charge in [0.05, 0.1) is 12.2 Å². The zero-order valence-corrected chi connectivity index (χ0v) is 14.6. The number of carbonyl (C=O) groups excluding carboxylic acids is 2. The van der Waals surface area contributed by atoms with Crippen molar-refractivity contribution in [1.82, 2.24) is 4.90 Å². The Morgan fingerprint density at radius 1 is 1.12 bits per heavy atom. The molecule has 1 saturated heterocycles. The molecule has 26 heavy (non-hydrogen) atoms. The Kier molecular flexibility index (Phi) is 6.02. The van der Waals surface area contributed by atoms with Crippen LogP contribution in [0, 0.1) is 0 Å². The van der Waals surface area contributed by atoms with Crippen molar-refractivity contribution in [3.05, 3.63) is 71.3 Å². The number of rotatable bonds is 6. The third-order valence-electron chi connectivity index (χ3n) is 4.72. The minimum Gasteiger partial charge on any atom is -0.457 e. The molecule has 1 fully saturated rings. The molecular weight excluding hydrogens is 330 g/mol. The number of benzene rings is 2. The summed E-state index contributed by atoms with van der Waals surface area (Å²) in [7, 11) is 0. The number of aliphatic hydroxyl groups is 1. The maximum Gasteiger partial charge on any atom is 0.338 e. The van der Waals surface area contributed by atoms with Crippen molar-refractivity contribution >= 4 is 11.9 Å². The van der Waals surface area contributed by atoms with Gasteiger partial charge in [-0.25, -0.2) is 4.79 Å². The summed E-state index contributed by atoms with van der Waals surface area (Å²) in [4.78, 5) is 26.0. The summed E-state index contributed by atoms with van der Waals surface area (Å²) < 4.78 is 5.33. The number of piperidine rings is 1. The van der Waals surface area contributed by atoms with Crippen LogP contribution in [0.3, 0.4) is 0 Å². The van der Waals surface area contributed by atoms with Crippen LogP contribution in [-0.2, 0) is 16.1 Å². The van der Waals surface area contributed by atoms with Crippen molar-refractivity contribution < 1.29 is 19.4 Å². The largest absolute Gasteiger partial charge is 0.457 e. The Labute approximate surface area is 153 Å². The van der Waals surface area contributed by atoms with Gasteiger partial charge < -0.3 is 14.7 Å². The topological polar surface area (TPSA) is 66.8 Å². The second-order valence-electron chi connectivity index (χ2n) is 6.48. The Morgan fingerprint density at radius 2 is 1.85 bits per heavy atom. The van der Waals surface area contributed by atoms with Gasteiger partial charge in [-0.3, -0.25) is 4.79 Å². The molecule has 136 valence electrons. The molecular formula is C21H23NO4. The van der Waals surface area contributed by atoms with E-state index in [1.807, 2.05) is 42.5 Å². The van der Waals surface area contributed by atoms with Crippen LogP contribution >= 0.6 is 0 Å². The van der Waals surface area contributed by atoms with Crippen LogP contribution in [0.25, 0.3) is 0 Å². The summed E-state index contributed by atoms with van der Waals surface area (Å²) in [6.07, 6.45) is 1.31. The fourth-order valence-electron chi connectivity index (χ4n) is 3.22. The number of β-amino-alcohol motifs (C(OH)–C–C–N with tert-alkyl or cyclic N) is 1. The summed E-state index contributed by atoms with van der Waals surface area (Å²) in [6, 6.07) is 16.9. The maximum absolute atomic E-state index is 12.2. The third-order valence-corrected chi connectivity index (χ3v) is 4.72. The van der Waals surface area contributed by atoms with Gasteiger partial charge in [0.1, 0.15) is 6.61 Å². The molecule has 3 rings (SSSR count). The average molecular weight is 353 g/mol. The molecule has 0 radical (unpaired) electrons. The summed E-state index contributed by atoms with van der Waals surface area (Å²) in [6.45, 7) is 1.30. The monoisotopic (exact) mass is 353 g/mol. The van der Waals surface area contributed by atoms with Crippen LogP contribution in [-0.4, -0.2) is 41.6 Å². The van der Waals surface area contributed by atoms with E-state index in [1.54, 1.807) is 17.0 Å². The molecule has 2 aromatic rings. The number of esters is 1. The van der Waals surface area contributed by atoms with Crippen LogP contribution in [0.4, 0.5) is 0 Å². The molecule has 0 saturated carbocycles. The quantitative estimate of drug-likeness (QED) is 0.811. The predicted molar refractivity (Wildman–Crippen MR) is 97.6 cm³/mol. The van der Waals surface area contributed by atoms with Gasteiger partial charge in [0.15, 0.2) is 0 Å². The summed E-state index contributed by atoms with van der Waals surface area (Å²) >= 11 is 0. The van der Waals surface area contributed by atoms with Crippen LogP contribution in [0.5, 0.6) is 0 Å². The van der Waals surface area contributed by atoms with E-state index in [2.05, 4.69) is 0 Å². The van der Waals surface area contributed by atoms with Gasteiger partial charge in [-0.2, -0.15) is 0 Å². The van der Waals surface area contributed by atoms with Crippen molar-refractivity contribution in [2.45, 2.75) is 25.4 Å². The molecule has 0 spiro atoms. The summed E-state index contributed by atoms with van der Waals surface area (Å²) in [5.41, 5.74) is 2.51. The second kappa shape index (κ2) is 8.63. The van der Waals surface area contributed by atoms with E-state index < -0.39 is 0 Å². The zero-order valence-electron chi connectivity index (χ0n) is 14.6. The average Bonchev–Trinajstić information content (AvgIpc) is 2.69. The van der Waals surface area contributed by atoms with Gasteiger partial charge in [-0.15, -0.1) is 0 Å². The van der Waals surface area contributed by atoms with Gasteiger partial charge in [0.25, 0.3) is 0 Å². The van der Waals surface area contributed by atoms with E-state index in [-0.39, 0.29) is 31.0 Å². The van der Waals surface area contributed by atoms with Gasteiger partial charge in [0.2, 0.25) is 5.91 Å². The molecule has 5 heteroatoms. The van der Waals surface area contributed by atoms with Crippen LogP contribution < -0.4 is 0 Å². The molecule has 2 aromatic carbocycles. The number of amides is 1. The highest BCUT2D eigenvalue weighted by atomic mass is 16.5. The molecule has 1 amide bonds. The van der Waals surface area contributed by atoms with Crippen LogP contribution in [0.15, 0.2) is 54.6 Å². The molecule has 0 aliphatic carbocycles. The van der Waals surface area contributed by atoms with Gasteiger partial charge in [0, 0.05) is 19.5 Å². The molecule has 0 aromatic heterocycles. The first-order valence-corrected chi connectivity index (χ1v) is 8.87. The fraction of sp³-hybridized carbons (Fsp3) is 0.333. The second-order valence-corrected chi connectivity index (χ2v) is 6.48. The van der Waals surface area contributed by atoms with E-state index in [9.17, 15) is 9.59 Å². The number of carbonyl (C=O) groups is 2. The Morgan fingerprint density at radius 3 is 2.50 bits per heavy atom. The lowest BCUT2D eigenvalue weighted by Crippen LogP contribution is -2.39. The maximum atomic E-state index is 12.2. The van der Waals surface area contributed by atoms with Crippen LogP contribution in [0.1, 0.15) is 40.2 Å². The number of hydrogen-bond acceptors (Lipinski definition) is 4. The molecule has 1 aliphatic heterocycles. The fourth-order valence-corrected chi connectivity index (χ4v) is 3.22. The SMILES string of the molecule is O=C(OCc1ccccc1)c1ccc(C2CCN(CCO)C(=O)C2)cc1. The molecule has 0 bridgehead atoms. The van der Waals surface area contributed by atoms with Crippen molar-refractivity contribution in [1.29, 1.82) is 0 Å². The van der Waals surface area contributed by atoms with E-state index in [0.717, 1.165) is 17.5 Å². The third kappa shape index (κ3) is 4.49. The Balaban J connectivity index is 1.56. The van der Waals surface area contributed by atoms with Crippen molar-refractivity contribution in [2.24, 2.45) is 0 Å². The summed E-state index contributed by atoms with van der Waals surface area (Å²) in [5.74, 6) is -0.122. The normalized spacial score (nSPS) is 17.2. The number of nitrogens with zero attached hydrogens (tertiary/aromatic N) is 1. The highest BCUT2D eigenvalue weighted by molar-refractivity contribution is 5.89. The molecule has 1 unspecified atom stereocenters. The zero-order chi connectivity index (χ0) is 18.4. The molecule has 1 aliphatic rings. The van der Waals surface area contributed by atoms with Gasteiger partial charge in [-0.05, 0) is 35.6 Å². The van der Waals surface area contributed by atoms with Crippen molar-refractivity contribution in [2.75, 3.05) is 19.7 Å². The Hall–Kier alpha value is -2.66. The lowest BCUT2D eigenvalue weighted by molar-refractivity contribution is -0.134. The lowest BCUT2D eigenvalue weighted by Gasteiger charge is -2.31. The molecule has 5 nitrogen and oxygen atoms in total. The Bertz CT molecular complexity index is 742. The van der Waals surface area contributed by atoms with Gasteiger partial charge in [-0.1, -0.05) is 42.5 Å². The van der Waals surface area contributed by atoms with E-state index in [4.69, 9.17) is 9.84 Å². The first kappa shape index (κ1) is 18.1. The number of hydrogen-bond donors (Lipinski definition) is 1. The van der Waals surface area contributed by atoms with E-state index in [0.29, 0.717) is 25.1 Å². The number of ether oxygens (including phenoxy) is 1. The van der Waals surface area contributed by atoms with Crippen molar-refractivity contribution in [3.63, 3.8) is 0 Å². The van der Waals surface area contributed by atoms with Crippen LogP contribution in [0.2, 0.25) is 0 Å². The van der Waals surface area contributed by atoms with Gasteiger partial charge >= 0.3 is 5.97 Å². The predicted octanol–water partition coefficient (Wildman–Crippen LogP) is 2.74. The first-order valence-electron chi connectivity index (χ1n) is 8.87. The van der Waals surface area contributed by atoms with E-state index >= 15 is 0 Å². The minimum absolute atomic E-state index is 0.00377. The molecule has 1 N–H and O–H groups in total. The number of aliphatic hydroxyl groups excluding tert-OH is 1. The van der Waals surface area contributed by atoms with E-state index in [1.165, 1.54) is 0 Å². The number of likely N-dealkylation sites (tertiary alicyclic amines) is 1. The highest BCUT2D eigenvalue weighted by Crippen LogP contribution is 2.28. The summed E-state index contributed by atoms with van der Waals surface area (Å²) in [5, 5.41) is 8.98. The standard InChI is InChI=1S/C21H23NO4/c23-13-12-22-11-10-19(14-20(22)24)17-6-8-18(9-7-17)21(25)26-15-16-4-2-1-3-5-16/h1-9,19,23H,10-15H2. The molecule has 1 heterocycles.